The second-order valence-corrected chi connectivity index (χ2v) is 8.80. The molecule has 5 aliphatic rings. The number of amides is 1. The van der Waals surface area contributed by atoms with Gasteiger partial charge in [0.05, 0.1) is 5.56 Å². The third-order valence-electron chi connectivity index (χ3n) is 6.69. The van der Waals surface area contributed by atoms with E-state index >= 15 is 0 Å². The molecule has 4 bridgehead atoms. The monoisotopic (exact) mass is 371 g/mol. The van der Waals surface area contributed by atoms with Gasteiger partial charge in [-0.15, -0.1) is 0 Å². The Morgan fingerprint density at radius 3 is 2.37 bits per heavy atom. The number of benzene rings is 1. The molecular weight excluding hydrogens is 346 g/mol. The van der Waals surface area contributed by atoms with Crippen molar-refractivity contribution < 1.29 is 23.8 Å². The highest BCUT2D eigenvalue weighted by atomic mass is 16.7. The minimum Gasteiger partial charge on any atom is -0.454 e. The van der Waals surface area contributed by atoms with E-state index in [0.717, 1.165) is 37.0 Å². The molecule has 0 unspecified atom stereocenters. The molecule has 0 radical (unpaired) electrons. The van der Waals surface area contributed by atoms with Crippen LogP contribution in [-0.2, 0) is 9.53 Å². The molecule has 6 rings (SSSR count). The van der Waals surface area contributed by atoms with Crippen LogP contribution in [0.1, 0.15) is 55.8 Å². The summed E-state index contributed by atoms with van der Waals surface area (Å²) in [5.74, 6) is 2.68. The van der Waals surface area contributed by atoms with Gasteiger partial charge in [0.25, 0.3) is 5.91 Å². The summed E-state index contributed by atoms with van der Waals surface area (Å²) < 4.78 is 16.0. The average molecular weight is 371 g/mol. The van der Waals surface area contributed by atoms with Crippen LogP contribution < -0.4 is 14.8 Å². The Morgan fingerprint density at radius 1 is 1.07 bits per heavy atom. The molecule has 1 aliphatic heterocycles. The van der Waals surface area contributed by atoms with E-state index in [9.17, 15) is 9.59 Å². The molecule has 0 spiro atoms. The van der Waals surface area contributed by atoms with E-state index < -0.39 is 12.1 Å². The van der Waals surface area contributed by atoms with Gasteiger partial charge in [-0.05, 0) is 81.4 Å². The van der Waals surface area contributed by atoms with Crippen molar-refractivity contribution in [3.05, 3.63) is 23.8 Å². The number of carbonyl (C=O) groups is 2. The van der Waals surface area contributed by atoms with Crippen LogP contribution in [0, 0.1) is 17.8 Å². The van der Waals surface area contributed by atoms with Crippen molar-refractivity contribution in [1.82, 2.24) is 5.32 Å². The SMILES string of the molecule is C[C@H](OC(=O)c1ccc2c(c1)OCO2)C(=O)NC12CC3CC(CC(C3)C1)C2. The van der Waals surface area contributed by atoms with Crippen molar-refractivity contribution in [2.45, 2.75) is 57.1 Å². The van der Waals surface area contributed by atoms with Crippen molar-refractivity contribution in [2.75, 3.05) is 6.79 Å². The molecule has 144 valence electrons. The van der Waals surface area contributed by atoms with Crippen molar-refractivity contribution in [3.63, 3.8) is 0 Å². The van der Waals surface area contributed by atoms with Crippen LogP contribution in [0.3, 0.4) is 0 Å². The zero-order chi connectivity index (χ0) is 18.6. The van der Waals surface area contributed by atoms with Gasteiger partial charge < -0.3 is 19.5 Å². The number of hydrogen-bond acceptors (Lipinski definition) is 5. The lowest BCUT2D eigenvalue weighted by Crippen LogP contribution is -2.61. The van der Waals surface area contributed by atoms with Gasteiger partial charge >= 0.3 is 5.97 Å². The Labute approximate surface area is 158 Å². The number of ether oxygens (including phenoxy) is 3. The first-order chi connectivity index (χ1) is 13.0. The van der Waals surface area contributed by atoms with E-state index in [4.69, 9.17) is 14.2 Å². The zero-order valence-corrected chi connectivity index (χ0v) is 15.5. The highest BCUT2D eigenvalue weighted by molar-refractivity contribution is 5.93. The summed E-state index contributed by atoms with van der Waals surface area (Å²) in [6.45, 7) is 1.79. The van der Waals surface area contributed by atoms with Gasteiger partial charge in [0.15, 0.2) is 17.6 Å². The Balaban J connectivity index is 1.23. The standard InChI is InChI=1S/C21H25NO5/c1-12(27-20(24)16-2-3-17-18(7-16)26-11-25-17)19(23)22-21-8-13-4-14(9-21)6-15(5-13)10-21/h2-3,7,12-15H,4-6,8-11H2,1H3,(H,22,23)/t12-,13?,14?,15?,21?/m0/s1. The van der Waals surface area contributed by atoms with Gasteiger partial charge in [0.2, 0.25) is 6.79 Å². The van der Waals surface area contributed by atoms with Gasteiger partial charge in [-0.25, -0.2) is 4.79 Å². The second-order valence-electron chi connectivity index (χ2n) is 8.80. The maximum atomic E-state index is 12.7. The summed E-state index contributed by atoms with van der Waals surface area (Å²) in [4.78, 5) is 25.2. The highest BCUT2D eigenvalue weighted by Gasteiger charge is 2.51. The van der Waals surface area contributed by atoms with Gasteiger partial charge in [0.1, 0.15) is 0 Å². The van der Waals surface area contributed by atoms with Gasteiger partial charge in [-0.2, -0.15) is 0 Å². The Morgan fingerprint density at radius 2 is 1.70 bits per heavy atom. The molecule has 1 heterocycles. The normalized spacial score (nSPS) is 33.6. The van der Waals surface area contributed by atoms with Crippen molar-refractivity contribution in [1.29, 1.82) is 0 Å². The number of esters is 1. The number of nitrogens with one attached hydrogen (secondary N) is 1. The van der Waals surface area contributed by atoms with Crippen LogP contribution in [0.4, 0.5) is 0 Å². The van der Waals surface area contributed by atoms with E-state index in [-0.39, 0.29) is 18.2 Å². The minimum absolute atomic E-state index is 0.0781. The van der Waals surface area contributed by atoms with E-state index in [1.165, 1.54) is 19.3 Å². The molecule has 0 saturated heterocycles. The summed E-state index contributed by atoms with van der Waals surface area (Å²) in [7, 11) is 0. The van der Waals surface area contributed by atoms with Gasteiger partial charge in [-0.3, -0.25) is 4.79 Å². The molecule has 1 aromatic carbocycles. The molecule has 4 fully saturated rings. The Hall–Kier alpha value is -2.24. The molecule has 1 amide bonds. The molecule has 27 heavy (non-hydrogen) atoms. The number of rotatable bonds is 4. The highest BCUT2D eigenvalue weighted by Crippen LogP contribution is 2.55. The predicted octanol–water partition coefficient (Wildman–Crippen LogP) is 3.05. The molecule has 1 N–H and O–H groups in total. The summed E-state index contributed by atoms with van der Waals surface area (Å²) in [5, 5.41) is 3.26. The molecule has 4 aliphatic carbocycles. The van der Waals surface area contributed by atoms with Gasteiger partial charge in [-0.1, -0.05) is 0 Å². The zero-order valence-electron chi connectivity index (χ0n) is 15.5. The minimum atomic E-state index is -0.823. The first-order valence-corrected chi connectivity index (χ1v) is 9.92. The Kier molecular flexibility index (Phi) is 3.85. The fourth-order valence-electron chi connectivity index (χ4n) is 5.93. The topological polar surface area (TPSA) is 73.9 Å². The van der Waals surface area contributed by atoms with Gasteiger partial charge in [0, 0.05) is 5.54 Å². The summed E-state index contributed by atoms with van der Waals surface area (Å²) in [6.07, 6.45) is 6.38. The molecule has 1 aromatic rings. The molecular formula is C21H25NO5. The predicted molar refractivity (Wildman–Crippen MR) is 96.5 cm³/mol. The maximum absolute atomic E-state index is 12.7. The fraction of sp³-hybridized carbons (Fsp3) is 0.619. The molecule has 6 heteroatoms. The number of hydrogen-bond donors (Lipinski definition) is 1. The first-order valence-electron chi connectivity index (χ1n) is 9.92. The maximum Gasteiger partial charge on any atom is 0.339 e. The lowest BCUT2D eigenvalue weighted by molar-refractivity contribution is -0.134. The molecule has 0 aromatic heterocycles. The Bertz CT molecular complexity index is 753. The average Bonchev–Trinajstić information content (AvgIpc) is 3.07. The van der Waals surface area contributed by atoms with Crippen LogP contribution in [-0.4, -0.2) is 30.3 Å². The van der Waals surface area contributed by atoms with Crippen molar-refractivity contribution in [2.24, 2.45) is 17.8 Å². The lowest BCUT2D eigenvalue weighted by atomic mass is 9.53. The lowest BCUT2D eigenvalue weighted by Gasteiger charge is -2.57. The van der Waals surface area contributed by atoms with Crippen LogP contribution >= 0.6 is 0 Å². The van der Waals surface area contributed by atoms with Crippen molar-refractivity contribution >= 4 is 11.9 Å². The van der Waals surface area contributed by atoms with Crippen LogP contribution in [0.25, 0.3) is 0 Å². The third kappa shape index (κ3) is 3.05. The van der Waals surface area contributed by atoms with E-state index in [1.54, 1.807) is 25.1 Å². The van der Waals surface area contributed by atoms with E-state index in [2.05, 4.69) is 5.32 Å². The van der Waals surface area contributed by atoms with Crippen molar-refractivity contribution in [3.8, 4) is 11.5 Å². The molecule has 1 atom stereocenters. The van der Waals surface area contributed by atoms with E-state index in [1.807, 2.05) is 0 Å². The smallest absolute Gasteiger partial charge is 0.339 e. The number of fused-ring (bicyclic) bond motifs is 1. The van der Waals surface area contributed by atoms with Crippen LogP contribution in [0.5, 0.6) is 11.5 Å². The summed E-state index contributed by atoms with van der Waals surface area (Å²) >= 11 is 0. The number of carbonyl (C=O) groups excluding carboxylic acids is 2. The quantitative estimate of drug-likeness (QED) is 0.824. The third-order valence-corrected chi connectivity index (χ3v) is 6.69. The largest absolute Gasteiger partial charge is 0.454 e. The first kappa shape index (κ1) is 16.9. The van der Waals surface area contributed by atoms with Crippen LogP contribution in [0.15, 0.2) is 18.2 Å². The molecule has 4 saturated carbocycles. The summed E-state index contributed by atoms with van der Waals surface area (Å²) in [5.41, 5.74) is 0.277. The molecule has 6 nitrogen and oxygen atoms in total. The summed E-state index contributed by atoms with van der Waals surface area (Å²) in [6, 6.07) is 4.90. The van der Waals surface area contributed by atoms with Crippen LogP contribution in [0.2, 0.25) is 0 Å². The second kappa shape index (κ2) is 6.14. The van der Waals surface area contributed by atoms with E-state index in [0.29, 0.717) is 17.1 Å². The fourth-order valence-corrected chi connectivity index (χ4v) is 5.93.